The highest BCUT2D eigenvalue weighted by Crippen LogP contribution is 2.16. The van der Waals surface area contributed by atoms with Crippen LogP contribution in [-0.4, -0.2) is 45.9 Å². The van der Waals surface area contributed by atoms with Gasteiger partial charge in [-0.1, -0.05) is 30.3 Å². The molecule has 2 N–H and O–H groups in total. The van der Waals surface area contributed by atoms with E-state index in [2.05, 4.69) is 51.1 Å². The molecule has 28 heavy (non-hydrogen) atoms. The van der Waals surface area contributed by atoms with Gasteiger partial charge in [0.15, 0.2) is 5.96 Å². The normalized spacial score (nSPS) is 11.2. The molecule has 0 aliphatic rings. The molecule has 2 aromatic heterocycles. The van der Waals surface area contributed by atoms with E-state index >= 15 is 0 Å². The second-order valence-electron chi connectivity index (χ2n) is 6.32. The van der Waals surface area contributed by atoms with Gasteiger partial charge in [-0.3, -0.25) is 4.99 Å². The molecular formula is C20H27IN6S. The molecule has 3 rings (SSSR count). The first-order chi connectivity index (χ1) is 13.2. The van der Waals surface area contributed by atoms with Crippen LogP contribution in [0.3, 0.4) is 0 Å². The standard InChI is InChI=1S/C20H26N6S.HI/c1-4-21-20(22-11-10-19-24-12-15(2)27-19)26(3)14-18-23-13-17(25-18)16-8-6-5-7-9-16;/h5-9,12-13H,4,10-11,14H2,1-3H3,(H,21,22)(H,23,25);1H. The number of imidazole rings is 1. The number of rotatable bonds is 7. The van der Waals surface area contributed by atoms with Crippen molar-refractivity contribution < 1.29 is 0 Å². The number of benzene rings is 1. The fourth-order valence-corrected chi connectivity index (χ4v) is 3.53. The summed E-state index contributed by atoms with van der Waals surface area (Å²) < 4.78 is 0. The van der Waals surface area contributed by atoms with E-state index in [9.17, 15) is 0 Å². The molecule has 0 saturated heterocycles. The largest absolute Gasteiger partial charge is 0.357 e. The molecule has 1 aromatic carbocycles. The molecule has 0 aliphatic heterocycles. The molecule has 0 amide bonds. The van der Waals surface area contributed by atoms with Crippen molar-refractivity contribution >= 4 is 41.3 Å². The zero-order chi connectivity index (χ0) is 19.1. The Morgan fingerprint density at radius 1 is 1.21 bits per heavy atom. The number of aliphatic imine (C=N–C) groups is 1. The molecular weight excluding hydrogens is 483 g/mol. The molecule has 0 aliphatic carbocycles. The summed E-state index contributed by atoms with van der Waals surface area (Å²) in [5, 5.41) is 4.48. The molecule has 0 atom stereocenters. The average molecular weight is 510 g/mol. The number of aromatic nitrogens is 3. The molecule has 0 radical (unpaired) electrons. The predicted molar refractivity (Wildman–Crippen MR) is 127 cm³/mol. The Morgan fingerprint density at radius 3 is 2.68 bits per heavy atom. The lowest BCUT2D eigenvalue weighted by Gasteiger charge is -2.21. The van der Waals surface area contributed by atoms with Crippen LogP contribution in [0.2, 0.25) is 0 Å². The fourth-order valence-electron chi connectivity index (χ4n) is 2.75. The zero-order valence-corrected chi connectivity index (χ0v) is 19.6. The first-order valence-corrected chi connectivity index (χ1v) is 9.97. The Balaban J connectivity index is 0.00000280. The Kier molecular flexibility index (Phi) is 8.91. The number of nitrogens with zero attached hydrogens (tertiary/aromatic N) is 4. The summed E-state index contributed by atoms with van der Waals surface area (Å²) in [4.78, 5) is 20.4. The molecule has 3 aromatic rings. The number of hydrogen-bond donors (Lipinski definition) is 2. The van der Waals surface area contributed by atoms with Crippen molar-refractivity contribution in [2.45, 2.75) is 26.8 Å². The predicted octanol–water partition coefficient (Wildman–Crippen LogP) is 4.10. The van der Waals surface area contributed by atoms with Crippen molar-refractivity contribution in [3.8, 4) is 11.3 Å². The van der Waals surface area contributed by atoms with Crippen LogP contribution in [0.4, 0.5) is 0 Å². The van der Waals surface area contributed by atoms with Crippen molar-refractivity contribution in [1.82, 2.24) is 25.2 Å². The third-order valence-corrected chi connectivity index (χ3v) is 5.03. The van der Waals surface area contributed by atoms with Gasteiger partial charge in [0, 0.05) is 37.6 Å². The minimum atomic E-state index is 0. The average Bonchev–Trinajstić information content (AvgIpc) is 3.31. The number of thiazole rings is 1. The minimum Gasteiger partial charge on any atom is -0.357 e. The van der Waals surface area contributed by atoms with Gasteiger partial charge in [-0.25, -0.2) is 9.97 Å². The van der Waals surface area contributed by atoms with E-state index in [1.54, 1.807) is 11.3 Å². The van der Waals surface area contributed by atoms with Crippen LogP contribution in [0.15, 0.2) is 47.7 Å². The van der Waals surface area contributed by atoms with Gasteiger partial charge in [-0.15, -0.1) is 35.3 Å². The van der Waals surface area contributed by atoms with Gasteiger partial charge >= 0.3 is 0 Å². The topological polar surface area (TPSA) is 69.2 Å². The summed E-state index contributed by atoms with van der Waals surface area (Å²) in [5.41, 5.74) is 2.17. The van der Waals surface area contributed by atoms with E-state index in [1.165, 1.54) is 4.88 Å². The van der Waals surface area contributed by atoms with E-state index in [-0.39, 0.29) is 24.0 Å². The number of hydrogen-bond acceptors (Lipinski definition) is 4. The Morgan fingerprint density at radius 2 is 2.00 bits per heavy atom. The lowest BCUT2D eigenvalue weighted by atomic mass is 10.2. The molecule has 0 saturated carbocycles. The molecule has 0 bridgehead atoms. The van der Waals surface area contributed by atoms with Gasteiger partial charge in [0.2, 0.25) is 0 Å². The monoisotopic (exact) mass is 510 g/mol. The highest BCUT2D eigenvalue weighted by atomic mass is 127. The van der Waals surface area contributed by atoms with E-state index < -0.39 is 0 Å². The van der Waals surface area contributed by atoms with E-state index in [1.807, 2.05) is 37.6 Å². The highest BCUT2D eigenvalue weighted by molar-refractivity contribution is 14.0. The second kappa shape index (κ2) is 11.2. The molecule has 8 heteroatoms. The minimum absolute atomic E-state index is 0. The lowest BCUT2D eigenvalue weighted by molar-refractivity contribution is 0.464. The first kappa shape index (κ1) is 22.4. The van der Waals surface area contributed by atoms with Crippen molar-refractivity contribution in [1.29, 1.82) is 0 Å². The highest BCUT2D eigenvalue weighted by Gasteiger charge is 2.10. The smallest absolute Gasteiger partial charge is 0.194 e. The number of halogens is 1. The van der Waals surface area contributed by atoms with E-state index in [0.717, 1.165) is 41.0 Å². The molecule has 2 heterocycles. The Labute approximate surface area is 187 Å². The SMILES string of the molecule is CCNC(=NCCc1ncc(C)s1)N(C)Cc1ncc(-c2ccccc2)[nH]1.I. The summed E-state index contributed by atoms with van der Waals surface area (Å²) in [5.74, 6) is 1.79. The lowest BCUT2D eigenvalue weighted by Crippen LogP contribution is -2.38. The molecule has 150 valence electrons. The number of aromatic amines is 1. The van der Waals surface area contributed by atoms with Gasteiger partial charge in [-0.2, -0.15) is 0 Å². The van der Waals surface area contributed by atoms with E-state index in [0.29, 0.717) is 13.1 Å². The van der Waals surface area contributed by atoms with Crippen LogP contribution in [0, 0.1) is 6.92 Å². The zero-order valence-electron chi connectivity index (χ0n) is 16.5. The van der Waals surface area contributed by atoms with Gasteiger partial charge in [0.25, 0.3) is 0 Å². The van der Waals surface area contributed by atoms with Gasteiger partial charge in [-0.05, 0) is 19.4 Å². The fraction of sp³-hybridized carbons (Fsp3) is 0.350. The summed E-state index contributed by atoms with van der Waals surface area (Å²) >= 11 is 1.74. The van der Waals surface area contributed by atoms with Crippen molar-refractivity contribution in [2.75, 3.05) is 20.1 Å². The van der Waals surface area contributed by atoms with Gasteiger partial charge in [0.05, 0.1) is 23.4 Å². The van der Waals surface area contributed by atoms with Crippen LogP contribution in [0.1, 0.15) is 22.6 Å². The molecule has 0 fully saturated rings. The van der Waals surface area contributed by atoms with E-state index in [4.69, 9.17) is 4.99 Å². The van der Waals surface area contributed by atoms with Crippen LogP contribution in [0.25, 0.3) is 11.3 Å². The molecule has 0 unspecified atom stereocenters. The summed E-state index contributed by atoms with van der Waals surface area (Å²) in [6, 6.07) is 10.2. The van der Waals surface area contributed by atoms with Crippen LogP contribution in [-0.2, 0) is 13.0 Å². The number of guanidine groups is 1. The molecule has 0 spiro atoms. The van der Waals surface area contributed by atoms with Gasteiger partial charge < -0.3 is 15.2 Å². The maximum Gasteiger partial charge on any atom is 0.194 e. The third kappa shape index (κ3) is 6.30. The number of aryl methyl sites for hydroxylation is 1. The van der Waals surface area contributed by atoms with Crippen molar-refractivity contribution in [3.05, 3.63) is 58.4 Å². The summed E-state index contributed by atoms with van der Waals surface area (Å²) in [6.45, 7) is 6.36. The maximum atomic E-state index is 4.74. The van der Waals surface area contributed by atoms with Crippen LogP contribution < -0.4 is 5.32 Å². The maximum absolute atomic E-state index is 4.74. The van der Waals surface area contributed by atoms with Crippen LogP contribution >= 0.6 is 35.3 Å². The summed E-state index contributed by atoms with van der Waals surface area (Å²) in [6.07, 6.45) is 4.66. The van der Waals surface area contributed by atoms with Crippen LogP contribution in [0.5, 0.6) is 0 Å². The van der Waals surface area contributed by atoms with Crippen molar-refractivity contribution in [3.63, 3.8) is 0 Å². The third-order valence-electron chi connectivity index (χ3n) is 4.05. The quantitative estimate of drug-likeness (QED) is 0.285. The van der Waals surface area contributed by atoms with Gasteiger partial charge in [0.1, 0.15) is 5.82 Å². The summed E-state index contributed by atoms with van der Waals surface area (Å²) in [7, 11) is 2.03. The Hall–Kier alpha value is -1.94. The number of nitrogens with one attached hydrogen (secondary N) is 2. The molecule has 6 nitrogen and oxygen atoms in total. The number of H-pyrrole nitrogens is 1. The first-order valence-electron chi connectivity index (χ1n) is 9.15. The Bertz CT molecular complexity index is 874. The van der Waals surface area contributed by atoms with Crippen molar-refractivity contribution in [2.24, 2.45) is 4.99 Å². The second-order valence-corrected chi connectivity index (χ2v) is 7.64.